The molecule has 0 unspecified atom stereocenters. The lowest BCUT2D eigenvalue weighted by Gasteiger charge is -2.08. The maximum Gasteiger partial charge on any atom is 0.185 e. The summed E-state index contributed by atoms with van der Waals surface area (Å²) in [5, 5.41) is 17.1. The van der Waals surface area contributed by atoms with Gasteiger partial charge in [-0.1, -0.05) is 51.7 Å². The Hall–Kier alpha value is -1.37. The van der Waals surface area contributed by atoms with E-state index in [1.807, 2.05) is 4.68 Å². The normalized spacial score (nSPS) is 10.8. The summed E-state index contributed by atoms with van der Waals surface area (Å²) in [6.45, 7) is 7.41. The van der Waals surface area contributed by atoms with E-state index in [2.05, 4.69) is 37.2 Å². The molecule has 1 heterocycles. The Balaban J connectivity index is 2.54. The third-order valence-corrected chi connectivity index (χ3v) is 3.02. The fourth-order valence-corrected chi connectivity index (χ4v) is 2.05. The zero-order chi connectivity index (χ0) is 13.4. The molecule has 0 bridgehead atoms. The third-order valence-electron chi connectivity index (χ3n) is 3.02. The van der Waals surface area contributed by atoms with Crippen LogP contribution < -0.4 is 0 Å². The van der Waals surface area contributed by atoms with Gasteiger partial charge in [0.05, 0.1) is 5.69 Å². The number of aryl methyl sites for hydroxylation is 1. The molecule has 0 aliphatic carbocycles. The van der Waals surface area contributed by atoms with Crippen LogP contribution in [0.4, 0.5) is 0 Å². The second-order valence-corrected chi connectivity index (χ2v) is 5.23. The van der Waals surface area contributed by atoms with Gasteiger partial charge in [0.15, 0.2) is 5.69 Å². The topological polar surface area (TPSA) is 54.5 Å². The van der Waals surface area contributed by atoms with E-state index in [1.165, 1.54) is 25.7 Å². The summed E-state index contributed by atoms with van der Waals surface area (Å²) >= 11 is 0. The van der Waals surface area contributed by atoms with E-state index < -0.39 is 0 Å². The highest BCUT2D eigenvalue weighted by Gasteiger charge is 2.13. The summed E-state index contributed by atoms with van der Waals surface area (Å²) in [5.74, 6) is 0.523. The predicted molar refractivity (Wildman–Crippen MR) is 72.0 cm³/mol. The van der Waals surface area contributed by atoms with Crippen molar-refractivity contribution in [1.29, 1.82) is 5.26 Å². The highest BCUT2D eigenvalue weighted by Crippen LogP contribution is 2.12. The van der Waals surface area contributed by atoms with E-state index in [1.54, 1.807) is 0 Å². The van der Waals surface area contributed by atoms with Gasteiger partial charge in [0, 0.05) is 6.54 Å². The first-order chi connectivity index (χ1) is 8.69. The summed E-state index contributed by atoms with van der Waals surface area (Å²) in [7, 11) is 0. The lowest BCUT2D eigenvalue weighted by molar-refractivity contribution is 0.492. The summed E-state index contributed by atoms with van der Waals surface area (Å²) in [5.41, 5.74) is 1.50. The first kappa shape index (κ1) is 14.7. The van der Waals surface area contributed by atoms with Gasteiger partial charge in [-0.15, -0.1) is 5.10 Å². The van der Waals surface area contributed by atoms with Crippen LogP contribution >= 0.6 is 0 Å². The van der Waals surface area contributed by atoms with Gasteiger partial charge in [-0.25, -0.2) is 4.68 Å². The summed E-state index contributed by atoms with van der Waals surface area (Å²) in [6, 6.07) is 2.14. The fraction of sp³-hybridized carbons (Fsp3) is 0.786. The molecule has 0 amide bonds. The van der Waals surface area contributed by atoms with Crippen molar-refractivity contribution < 1.29 is 0 Å². The molecule has 4 nitrogen and oxygen atoms in total. The lowest BCUT2D eigenvalue weighted by atomic mass is 10.1. The standard InChI is InChI=1S/C14H24N4/c1-4-5-6-7-8-9-18-14(10-12(2)3)13(11-15)16-17-18/h12H,4-10H2,1-3H3. The molecule has 100 valence electrons. The Morgan fingerprint density at radius 1 is 1.22 bits per heavy atom. The van der Waals surface area contributed by atoms with Gasteiger partial charge in [-0.05, 0) is 18.8 Å². The van der Waals surface area contributed by atoms with Crippen LogP contribution in [0, 0.1) is 17.2 Å². The van der Waals surface area contributed by atoms with Gasteiger partial charge < -0.3 is 0 Å². The molecule has 18 heavy (non-hydrogen) atoms. The number of nitrogens with zero attached hydrogens (tertiary/aromatic N) is 4. The van der Waals surface area contributed by atoms with Crippen molar-refractivity contribution in [3.63, 3.8) is 0 Å². The number of hydrogen-bond acceptors (Lipinski definition) is 3. The molecule has 1 rings (SSSR count). The highest BCUT2D eigenvalue weighted by molar-refractivity contribution is 5.24. The van der Waals surface area contributed by atoms with Crippen LogP contribution in [-0.2, 0) is 13.0 Å². The number of rotatable bonds is 8. The van der Waals surface area contributed by atoms with Gasteiger partial charge in [-0.2, -0.15) is 5.26 Å². The smallest absolute Gasteiger partial charge is 0.185 e. The molecule has 0 radical (unpaired) electrons. The Labute approximate surface area is 110 Å². The maximum absolute atomic E-state index is 9.02. The van der Waals surface area contributed by atoms with Gasteiger partial charge in [0.2, 0.25) is 0 Å². The van der Waals surface area contributed by atoms with Gasteiger partial charge in [0.25, 0.3) is 0 Å². The van der Waals surface area contributed by atoms with E-state index in [0.29, 0.717) is 11.6 Å². The largest absolute Gasteiger partial charge is 0.248 e. The Morgan fingerprint density at radius 2 is 1.94 bits per heavy atom. The molecule has 0 spiro atoms. The molecule has 0 fully saturated rings. The van der Waals surface area contributed by atoms with E-state index >= 15 is 0 Å². The second-order valence-electron chi connectivity index (χ2n) is 5.23. The summed E-state index contributed by atoms with van der Waals surface area (Å²) in [6.07, 6.45) is 7.09. The van der Waals surface area contributed by atoms with Gasteiger partial charge in [-0.3, -0.25) is 0 Å². The van der Waals surface area contributed by atoms with Gasteiger partial charge >= 0.3 is 0 Å². The van der Waals surface area contributed by atoms with E-state index in [9.17, 15) is 0 Å². The summed E-state index contributed by atoms with van der Waals surface area (Å²) in [4.78, 5) is 0. The number of nitriles is 1. The molecule has 1 aromatic heterocycles. The van der Waals surface area contributed by atoms with Crippen molar-refractivity contribution in [2.24, 2.45) is 5.92 Å². The van der Waals surface area contributed by atoms with Crippen LogP contribution in [0.2, 0.25) is 0 Å². The zero-order valence-electron chi connectivity index (χ0n) is 11.8. The number of unbranched alkanes of at least 4 members (excludes halogenated alkanes) is 4. The first-order valence-electron chi connectivity index (χ1n) is 7.01. The Bertz CT molecular complexity index is 387. The fourth-order valence-electron chi connectivity index (χ4n) is 2.05. The monoisotopic (exact) mass is 248 g/mol. The highest BCUT2D eigenvalue weighted by atomic mass is 15.4. The number of aromatic nitrogens is 3. The average molecular weight is 248 g/mol. The Morgan fingerprint density at radius 3 is 2.56 bits per heavy atom. The van der Waals surface area contributed by atoms with Crippen molar-refractivity contribution in [3.8, 4) is 6.07 Å². The molecule has 1 aromatic rings. The van der Waals surface area contributed by atoms with E-state index in [-0.39, 0.29) is 0 Å². The molecule has 0 aromatic carbocycles. The summed E-state index contributed by atoms with van der Waals surface area (Å²) < 4.78 is 1.92. The molecule has 0 aliphatic heterocycles. The average Bonchev–Trinajstić information content (AvgIpc) is 2.71. The minimum atomic E-state index is 0.497. The minimum Gasteiger partial charge on any atom is -0.248 e. The number of hydrogen-bond donors (Lipinski definition) is 0. The molecular formula is C14H24N4. The molecule has 0 N–H and O–H groups in total. The zero-order valence-corrected chi connectivity index (χ0v) is 11.8. The van der Waals surface area contributed by atoms with Crippen molar-refractivity contribution >= 4 is 0 Å². The molecule has 0 aliphatic rings. The first-order valence-corrected chi connectivity index (χ1v) is 7.01. The molecule has 0 atom stereocenters. The predicted octanol–water partition coefficient (Wildman–Crippen LogP) is 3.32. The van der Waals surface area contributed by atoms with Crippen molar-refractivity contribution in [2.45, 2.75) is 65.8 Å². The molecule has 0 saturated heterocycles. The van der Waals surface area contributed by atoms with Crippen LogP contribution in [-0.4, -0.2) is 15.0 Å². The minimum absolute atomic E-state index is 0.497. The van der Waals surface area contributed by atoms with Crippen molar-refractivity contribution in [3.05, 3.63) is 11.4 Å². The van der Waals surface area contributed by atoms with Crippen LogP contribution in [0.15, 0.2) is 0 Å². The van der Waals surface area contributed by atoms with E-state index in [0.717, 1.165) is 25.1 Å². The molecular weight excluding hydrogens is 224 g/mol. The van der Waals surface area contributed by atoms with Crippen LogP contribution in [0.5, 0.6) is 0 Å². The van der Waals surface area contributed by atoms with Crippen LogP contribution in [0.25, 0.3) is 0 Å². The van der Waals surface area contributed by atoms with Gasteiger partial charge in [0.1, 0.15) is 6.07 Å². The Kier molecular flexibility index (Phi) is 6.42. The third kappa shape index (κ3) is 4.48. The SMILES string of the molecule is CCCCCCCn1nnc(C#N)c1CC(C)C. The van der Waals surface area contributed by atoms with Crippen LogP contribution in [0.1, 0.15) is 64.3 Å². The second kappa shape index (κ2) is 7.86. The maximum atomic E-state index is 9.02. The molecule has 0 saturated carbocycles. The van der Waals surface area contributed by atoms with Crippen LogP contribution in [0.3, 0.4) is 0 Å². The lowest BCUT2D eigenvalue weighted by Crippen LogP contribution is -2.08. The molecule has 4 heteroatoms. The van der Waals surface area contributed by atoms with E-state index in [4.69, 9.17) is 5.26 Å². The van der Waals surface area contributed by atoms with Crippen molar-refractivity contribution in [1.82, 2.24) is 15.0 Å². The van der Waals surface area contributed by atoms with Crippen molar-refractivity contribution in [2.75, 3.05) is 0 Å². The quantitative estimate of drug-likeness (QED) is 0.663.